The molecule has 2 aromatic rings. The molecule has 1 unspecified atom stereocenters. The van der Waals surface area contributed by atoms with E-state index in [1.54, 1.807) is 11.3 Å². The molecular weight excluding hydrogens is 308 g/mol. The van der Waals surface area contributed by atoms with Gasteiger partial charge in [-0.15, -0.1) is 11.3 Å². The Morgan fingerprint density at radius 3 is 2.89 bits per heavy atom. The Hall–Kier alpha value is -0.710. The van der Waals surface area contributed by atoms with Gasteiger partial charge in [-0.2, -0.15) is 0 Å². The van der Waals surface area contributed by atoms with Crippen LogP contribution in [0.5, 0.6) is 0 Å². The van der Waals surface area contributed by atoms with E-state index in [-0.39, 0.29) is 6.04 Å². The summed E-state index contributed by atoms with van der Waals surface area (Å²) in [6, 6.07) is 6.58. The number of halogens is 1. The minimum Gasteiger partial charge on any atom is -0.309 e. The molecule has 2 heterocycles. The first kappa shape index (κ1) is 13.7. The van der Waals surface area contributed by atoms with Crippen LogP contribution in [-0.2, 0) is 6.42 Å². The van der Waals surface area contributed by atoms with Gasteiger partial charge in [0.1, 0.15) is 0 Å². The Labute approximate surface area is 121 Å². The molecule has 0 bridgehead atoms. The van der Waals surface area contributed by atoms with E-state index in [0.717, 1.165) is 18.7 Å². The van der Waals surface area contributed by atoms with Crippen molar-refractivity contribution in [1.29, 1.82) is 0 Å². The maximum absolute atomic E-state index is 4.50. The van der Waals surface area contributed by atoms with Gasteiger partial charge in [0, 0.05) is 22.0 Å². The Morgan fingerprint density at radius 2 is 2.28 bits per heavy atom. The molecule has 0 radical (unpaired) electrons. The standard InChI is InChI=1S/C14H17BrN2S/c1-3-16-13(9-14-11(15)5-7-18-14)12-8-10(2)4-6-17-12/h4-8,13,16H,3,9H2,1-2H3. The molecule has 0 spiro atoms. The van der Waals surface area contributed by atoms with Crippen LogP contribution in [0.1, 0.15) is 29.1 Å². The number of rotatable bonds is 5. The van der Waals surface area contributed by atoms with Crippen LogP contribution in [0.3, 0.4) is 0 Å². The predicted octanol–water partition coefficient (Wildman–Crippen LogP) is 4.11. The van der Waals surface area contributed by atoms with Crippen LogP contribution in [0.15, 0.2) is 34.2 Å². The van der Waals surface area contributed by atoms with Gasteiger partial charge in [0.25, 0.3) is 0 Å². The predicted molar refractivity (Wildman–Crippen MR) is 81.1 cm³/mol. The third kappa shape index (κ3) is 3.40. The van der Waals surface area contributed by atoms with Gasteiger partial charge in [-0.25, -0.2) is 0 Å². The van der Waals surface area contributed by atoms with E-state index < -0.39 is 0 Å². The summed E-state index contributed by atoms with van der Waals surface area (Å²) >= 11 is 5.38. The number of hydrogen-bond acceptors (Lipinski definition) is 3. The van der Waals surface area contributed by atoms with Gasteiger partial charge in [0.2, 0.25) is 0 Å². The Bertz CT molecular complexity index is 510. The highest BCUT2D eigenvalue weighted by atomic mass is 79.9. The fourth-order valence-corrected chi connectivity index (χ4v) is 3.50. The SMILES string of the molecule is CCNC(Cc1sccc1Br)c1cc(C)ccn1. The van der Waals surface area contributed by atoms with Gasteiger partial charge in [0.15, 0.2) is 0 Å². The van der Waals surface area contributed by atoms with Crippen molar-refractivity contribution in [2.45, 2.75) is 26.3 Å². The Balaban J connectivity index is 2.20. The second-order valence-electron chi connectivity index (χ2n) is 4.26. The molecule has 2 aromatic heterocycles. The van der Waals surface area contributed by atoms with Gasteiger partial charge >= 0.3 is 0 Å². The van der Waals surface area contributed by atoms with Gasteiger partial charge in [0.05, 0.1) is 11.7 Å². The second kappa shape index (κ2) is 6.45. The zero-order valence-electron chi connectivity index (χ0n) is 10.6. The van der Waals surface area contributed by atoms with Gasteiger partial charge in [-0.05, 0) is 58.5 Å². The number of aromatic nitrogens is 1. The molecule has 0 aromatic carbocycles. The average molecular weight is 325 g/mol. The molecule has 1 atom stereocenters. The van der Waals surface area contributed by atoms with Crippen molar-refractivity contribution in [3.8, 4) is 0 Å². The quantitative estimate of drug-likeness (QED) is 0.895. The summed E-state index contributed by atoms with van der Waals surface area (Å²) in [5, 5.41) is 5.63. The largest absolute Gasteiger partial charge is 0.309 e. The van der Waals surface area contributed by atoms with Gasteiger partial charge < -0.3 is 5.32 Å². The van der Waals surface area contributed by atoms with Gasteiger partial charge in [-0.3, -0.25) is 4.98 Å². The van der Waals surface area contributed by atoms with E-state index >= 15 is 0 Å². The summed E-state index contributed by atoms with van der Waals surface area (Å²) in [6.07, 6.45) is 2.86. The monoisotopic (exact) mass is 324 g/mol. The van der Waals surface area contributed by atoms with E-state index in [1.165, 1.54) is 14.9 Å². The van der Waals surface area contributed by atoms with Crippen molar-refractivity contribution in [2.24, 2.45) is 0 Å². The van der Waals surface area contributed by atoms with Crippen LogP contribution in [0.2, 0.25) is 0 Å². The summed E-state index contributed by atoms with van der Waals surface area (Å²) in [6.45, 7) is 5.19. The third-order valence-corrected chi connectivity index (χ3v) is 4.77. The topological polar surface area (TPSA) is 24.9 Å². The first-order chi connectivity index (χ1) is 8.70. The number of hydrogen-bond donors (Lipinski definition) is 1. The maximum atomic E-state index is 4.50. The molecule has 1 N–H and O–H groups in total. The van der Waals surface area contributed by atoms with E-state index in [4.69, 9.17) is 0 Å². The minimum atomic E-state index is 0.282. The zero-order valence-corrected chi connectivity index (χ0v) is 13.0. The van der Waals surface area contributed by atoms with E-state index in [0.29, 0.717) is 0 Å². The summed E-state index contributed by atoms with van der Waals surface area (Å²) in [7, 11) is 0. The highest BCUT2D eigenvalue weighted by molar-refractivity contribution is 9.10. The summed E-state index contributed by atoms with van der Waals surface area (Å²) < 4.78 is 1.20. The lowest BCUT2D eigenvalue weighted by molar-refractivity contribution is 0.539. The van der Waals surface area contributed by atoms with Crippen LogP contribution < -0.4 is 5.32 Å². The Kier molecular flexibility index (Phi) is 4.92. The second-order valence-corrected chi connectivity index (χ2v) is 6.12. The van der Waals surface area contributed by atoms with Crippen LogP contribution in [0.25, 0.3) is 0 Å². The first-order valence-electron chi connectivity index (χ1n) is 6.08. The van der Waals surface area contributed by atoms with Crippen molar-refractivity contribution in [2.75, 3.05) is 6.54 Å². The minimum absolute atomic E-state index is 0.282. The molecule has 0 amide bonds. The van der Waals surface area contributed by atoms with E-state index in [2.05, 4.69) is 57.6 Å². The van der Waals surface area contributed by atoms with E-state index in [9.17, 15) is 0 Å². The lowest BCUT2D eigenvalue weighted by Crippen LogP contribution is -2.23. The van der Waals surface area contributed by atoms with Crippen molar-refractivity contribution < 1.29 is 0 Å². The molecule has 0 saturated carbocycles. The number of pyridine rings is 1. The van der Waals surface area contributed by atoms with Crippen LogP contribution >= 0.6 is 27.3 Å². The lowest BCUT2D eigenvalue weighted by atomic mass is 10.1. The smallest absolute Gasteiger partial charge is 0.0579 e. The molecule has 4 heteroatoms. The lowest BCUT2D eigenvalue weighted by Gasteiger charge is -2.17. The molecule has 0 aliphatic carbocycles. The molecule has 0 aliphatic rings. The number of thiophene rings is 1. The number of likely N-dealkylation sites (N-methyl/N-ethyl adjacent to an activating group) is 1. The van der Waals surface area contributed by atoms with Crippen LogP contribution in [0, 0.1) is 6.92 Å². The average Bonchev–Trinajstić information content (AvgIpc) is 2.74. The normalized spacial score (nSPS) is 12.6. The molecular formula is C14H17BrN2S. The van der Waals surface area contributed by atoms with Crippen molar-refractivity contribution in [3.63, 3.8) is 0 Å². The summed E-state index contributed by atoms with van der Waals surface area (Å²) in [5.41, 5.74) is 2.38. The maximum Gasteiger partial charge on any atom is 0.0579 e. The van der Waals surface area contributed by atoms with E-state index in [1.807, 2.05) is 12.3 Å². The van der Waals surface area contributed by atoms with Crippen LogP contribution in [0.4, 0.5) is 0 Å². The summed E-state index contributed by atoms with van der Waals surface area (Å²) in [4.78, 5) is 5.86. The number of nitrogens with zero attached hydrogens (tertiary/aromatic N) is 1. The molecule has 96 valence electrons. The van der Waals surface area contributed by atoms with Crippen molar-refractivity contribution >= 4 is 27.3 Å². The fourth-order valence-electron chi connectivity index (χ4n) is 1.93. The first-order valence-corrected chi connectivity index (χ1v) is 7.75. The molecule has 2 rings (SSSR count). The van der Waals surface area contributed by atoms with Crippen molar-refractivity contribution in [1.82, 2.24) is 10.3 Å². The van der Waals surface area contributed by atoms with Crippen molar-refractivity contribution in [3.05, 3.63) is 50.4 Å². The highest BCUT2D eigenvalue weighted by Gasteiger charge is 2.15. The molecule has 0 aliphatic heterocycles. The molecule has 18 heavy (non-hydrogen) atoms. The number of nitrogens with one attached hydrogen (secondary N) is 1. The molecule has 0 fully saturated rings. The third-order valence-electron chi connectivity index (χ3n) is 2.82. The van der Waals surface area contributed by atoms with Gasteiger partial charge in [-0.1, -0.05) is 6.92 Å². The zero-order chi connectivity index (χ0) is 13.0. The van der Waals surface area contributed by atoms with Crippen LogP contribution in [-0.4, -0.2) is 11.5 Å². The summed E-state index contributed by atoms with van der Waals surface area (Å²) in [5.74, 6) is 0. The molecule has 2 nitrogen and oxygen atoms in total. The molecule has 0 saturated heterocycles. The number of aryl methyl sites for hydroxylation is 1. The highest BCUT2D eigenvalue weighted by Crippen LogP contribution is 2.27. The Morgan fingerprint density at radius 1 is 1.44 bits per heavy atom. The fraction of sp³-hybridized carbons (Fsp3) is 0.357.